The summed E-state index contributed by atoms with van der Waals surface area (Å²) in [7, 11) is 0. The monoisotopic (exact) mass is 346 g/mol. The smallest absolute Gasteiger partial charge is 0.254 e. The molecule has 2 N–H and O–H groups in total. The zero-order valence-corrected chi connectivity index (χ0v) is 13.1. The molecule has 0 aliphatic heterocycles. The molecule has 5 nitrogen and oxygen atoms in total. The van der Waals surface area contributed by atoms with Gasteiger partial charge in [-0.1, -0.05) is 22.0 Å². The van der Waals surface area contributed by atoms with E-state index in [1.807, 2.05) is 25.1 Å². The number of anilines is 2. The molecule has 21 heavy (non-hydrogen) atoms. The van der Waals surface area contributed by atoms with E-state index in [-0.39, 0.29) is 5.91 Å². The van der Waals surface area contributed by atoms with E-state index in [0.29, 0.717) is 17.6 Å². The lowest BCUT2D eigenvalue weighted by Gasteiger charge is -2.07. The molecule has 6 heteroatoms. The van der Waals surface area contributed by atoms with Crippen molar-refractivity contribution in [3.8, 4) is 0 Å². The van der Waals surface area contributed by atoms with Gasteiger partial charge in [-0.3, -0.25) is 4.79 Å². The molecule has 0 saturated heterocycles. The van der Waals surface area contributed by atoms with E-state index in [4.69, 9.17) is 0 Å². The lowest BCUT2D eigenvalue weighted by atomic mass is 10.2. The van der Waals surface area contributed by atoms with Gasteiger partial charge >= 0.3 is 0 Å². The maximum Gasteiger partial charge on any atom is 0.254 e. The van der Waals surface area contributed by atoms with Crippen molar-refractivity contribution in [3.05, 3.63) is 46.2 Å². The van der Waals surface area contributed by atoms with Crippen LogP contribution in [0.5, 0.6) is 0 Å². The van der Waals surface area contributed by atoms with Crippen LogP contribution in [0.2, 0.25) is 0 Å². The summed E-state index contributed by atoms with van der Waals surface area (Å²) in [6.45, 7) is 2.03. The Balaban J connectivity index is 1.68. The molecule has 0 radical (unpaired) electrons. The van der Waals surface area contributed by atoms with Crippen LogP contribution >= 0.6 is 15.9 Å². The predicted octanol–water partition coefficient (Wildman–Crippen LogP) is 3.18. The third kappa shape index (κ3) is 3.58. The molecule has 1 amide bonds. The summed E-state index contributed by atoms with van der Waals surface area (Å²) in [6, 6.07) is 6.26. The summed E-state index contributed by atoms with van der Waals surface area (Å²) in [4.78, 5) is 20.2. The van der Waals surface area contributed by atoms with E-state index in [1.54, 1.807) is 0 Å². The Labute approximate surface area is 131 Å². The molecule has 3 rings (SSSR count). The first kappa shape index (κ1) is 14.0. The van der Waals surface area contributed by atoms with E-state index in [1.165, 1.54) is 12.4 Å². The van der Waals surface area contributed by atoms with Crippen LogP contribution < -0.4 is 10.6 Å². The van der Waals surface area contributed by atoms with Crippen LogP contribution in [0, 0.1) is 6.92 Å². The van der Waals surface area contributed by atoms with Crippen molar-refractivity contribution in [2.75, 3.05) is 5.32 Å². The molecule has 1 aliphatic carbocycles. The number of nitrogens with one attached hydrogen (secondary N) is 2. The van der Waals surface area contributed by atoms with Crippen molar-refractivity contribution in [2.24, 2.45) is 0 Å². The number of aromatic nitrogens is 2. The maximum absolute atomic E-state index is 11.8. The van der Waals surface area contributed by atoms with E-state index in [9.17, 15) is 4.79 Å². The molecule has 1 heterocycles. The normalized spacial score (nSPS) is 13.8. The molecule has 0 bridgehead atoms. The Morgan fingerprint density at radius 3 is 2.62 bits per heavy atom. The van der Waals surface area contributed by atoms with Gasteiger partial charge in [0.25, 0.3) is 5.91 Å². The molecule has 1 aromatic carbocycles. The lowest BCUT2D eigenvalue weighted by molar-refractivity contribution is 0.0950. The van der Waals surface area contributed by atoms with Gasteiger partial charge in [0.15, 0.2) is 0 Å². The summed E-state index contributed by atoms with van der Waals surface area (Å²) in [5, 5.41) is 6.01. The number of hydrogen-bond donors (Lipinski definition) is 2. The van der Waals surface area contributed by atoms with Crippen LogP contribution in [0.1, 0.15) is 28.8 Å². The van der Waals surface area contributed by atoms with E-state index < -0.39 is 0 Å². The van der Waals surface area contributed by atoms with Gasteiger partial charge in [-0.25, -0.2) is 9.97 Å². The van der Waals surface area contributed by atoms with Crippen molar-refractivity contribution < 1.29 is 4.79 Å². The molecule has 0 atom stereocenters. The van der Waals surface area contributed by atoms with Crippen LogP contribution in [0.3, 0.4) is 0 Å². The summed E-state index contributed by atoms with van der Waals surface area (Å²) < 4.78 is 1.02. The van der Waals surface area contributed by atoms with Crippen molar-refractivity contribution in [2.45, 2.75) is 25.8 Å². The van der Waals surface area contributed by atoms with Crippen molar-refractivity contribution in [3.63, 3.8) is 0 Å². The number of nitrogens with zero attached hydrogens (tertiary/aromatic N) is 2. The van der Waals surface area contributed by atoms with Crippen molar-refractivity contribution in [1.82, 2.24) is 15.3 Å². The standard InChI is InChI=1S/C15H15BrN4O/c1-9-2-3-12(6-13(9)16)20-15-17-7-10(8-18-15)14(21)19-11-4-5-11/h2-3,6-8,11H,4-5H2,1H3,(H,19,21)(H,17,18,20). The first-order valence-electron chi connectivity index (χ1n) is 6.78. The van der Waals surface area contributed by atoms with E-state index in [2.05, 4.69) is 36.5 Å². The Morgan fingerprint density at radius 2 is 2.00 bits per heavy atom. The molecular formula is C15H15BrN4O. The average Bonchev–Trinajstić information content (AvgIpc) is 3.28. The van der Waals surface area contributed by atoms with Gasteiger partial charge in [-0.15, -0.1) is 0 Å². The molecular weight excluding hydrogens is 332 g/mol. The number of hydrogen-bond acceptors (Lipinski definition) is 4. The lowest BCUT2D eigenvalue weighted by Crippen LogP contribution is -2.25. The average molecular weight is 347 g/mol. The van der Waals surface area contributed by atoms with Gasteiger partial charge in [0.1, 0.15) is 0 Å². The summed E-state index contributed by atoms with van der Waals surface area (Å²) >= 11 is 3.49. The molecule has 108 valence electrons. The van der Waals surface area contributed by atoms with Crippen LogP contribution in [-0.4, -0.2) is 21.9 Å². The van der Waals surface area contributed by atoms with Gasteiger partial charge in [-0.2, -0.15) is 0 Å². The molecule has 1 fully saturated rings. The SMILES string of the molecule is Cc1ccc(Nc2ncc(C(=O)NC3CC3)cn2)cc1Br. The third-order valence-corrected chi connectivity index (χ3v) is 4.11. The molecule has 2 aromatic rings. The van der Waals surface area contributed by atoms with Crippen LogP contribution in [0.15, 0.2) is 35.1 Å². The number of benzene rings is 1. The topological polar surface area (TPSA) is 66.9 Å². The maximum atomic E-state index is 11.8. The second-order valence-electron chi connectivity index (χ2n) is 5.13. The molecule has 0 spiro atoms. The highest BCUT2D eigenvalue weighted by Gasteiger charge is 2.23. The fraction of sp³-hybridized carbons (Fsp3) is 0.267. The summed E-state index contributed by atoms with van der Waals surface area (Å²) in [5.74, 6) is 0.357. The Bertz CT molecular complexity index is 668. The number of halogens is 1. The number of rotatable bonds is 4. The van der Waals surface area contributed by atoms with Crippen LogP contribution in [-0.2, 0) is 0 Å². The zero-order valence-electron chi connectivity index (χ0n) is 11.6. The Morgan fingerprint density at radius 1 is 1.29 bits per heavy atom. The van der Waals surface area contributed by atoms with Crippen molar-refractivity contribution in [1.29, 1.82) is 0 Å². The Kier molecular flexibility index (Phi) is 3.88. The largest absolute Gasteiger partial charge is 0.349 e. The first-order valence-corrected chi connectivity index (χ1v) is 7.57. The molecule has 1 aliphatic rings. The van der Waals surface area contributed by atoms with Crippen LogP contribution in [0.25, 0.3) is 0 Å². The number of carbonyl (C=O) groups excluding carboxylic acids is 1. The predicted molar refractivity (Wildman–Crippen MR) is 84.7 cm³/mol. The minimum absolute atomic E-state index is 0.109. The summed E-state index contributed by atoms with van der Waals surface area (Å²) in [6.07, 6.45) is 5.20. The van der Waals surface area contributed by atoms with Crippen molar-refractivity contribution >= 4 is 33.5 Å². The minimum atomic E-state index is -0.109. The third-order valence-electron chi connectivity index (χ3n) is 3.25. The van der Waals surface area contributed by atoms with Gasteiger partial charge in [0, 0.05) is 28.6 Å². The Hall–Kier alpha value is -1.95. The summed E-state index contributed by atoms with van der Waals surface area (Å²) in [5.41, 5.74) is 2.54. The zero-order chi connectivity index (χ0) is 14.8. The molecule has 1 saturated carbocycles. The number of aryl methyl sites for hydroxylation is 1. The second kappa shape index (κ2) is 5.81. The highest BCUT2D eigenvalue weighted by Crippen LogP contribution is 2.22. The number of carbonyl (C=O) groups is 1. The highest BCUT2D eigenvalue weighted by atomic mass is 79.9. The van der Waals surface area contributed by atoms with Gasteiger partial charge in [-0.05, 0) is 37.5 Å². The second-order valence-corrected chi connectivity index (χ2v) is 5.99. The molecule has 1 aromatic heterocycles. The number of amides is 1. The minimum Gasteiger partial charge on any atom is -0.349 e. The fourth-order valence-corrected chi connectivity index (χ4v) is 2.18. The van der Waals surface area contributed by atoms with Gasteiger partial charge < -0.3 is 10.6 Å². The van der Waals surface area contributed by atoms with E-state index in [0.717, 1.165) is 28.6 Å². The van der Waals surface area contributed by atoms with Gasteiger partial charge in [0.2, 0.25) is 5.95 Å². The van der Waals surface area contributed by atoms with E-state index >= 15 is 0 Å². The first-order chi connectivity index (χ1) is 10.1. The van der Waals surface area contributed by atoms with Gasteiger partial charge in [0.05, 0.1) is 5.56 Å². The molecule has 0 unspecified atom stereocenters. The fourth-order valence-electron chi connectivity index (χ4n) is 1.81. The van der Waals surface area contributed by atoms with Crippen LogP contribution in [0.4, 0.5) is 11.6 Å². The highest BCUT2D eigenvalue weighted by molar-refractivity contribution is 9.10. The quantitative estimate of drug-likeness (QED) is 0.892.